The highest BCUT2D eigenvalue weighted by atomic mass is 16.4. The van der Waals surface area contributed by atoms with Gasteiger partial charge in [-0.25, -0.2) is 0 Å². The molecule has 0 aliphatic heterocycles. The summed E-state index contributed by atoms with van der Waals surface area (Å²) in [6, 6.07) is 9.19. The van der Waals surface area contributed by atoms with Crippen LogP contribution >= 0.6 is 0 Å². The second-order valence-corrected chi connectivity index (χ2v) is 4.27. The van der Waals surface area contributed by atoms with Crippen LogP contribution in [-0.4, -0.2) is 16.9 Å². The fourth-order valence-electron chi connectivity index (χ4n) is 1.63. The van der Waals surface area contributed by atoms with Gasteiger partial charge in [0.05, 0.1) is 5.92 Å². The van der Waals surface area contributed by atoms with E-state index in [1.165, 1.54) is 0 Å². The Morgan fingerprint density at radius 3 is 2.41 bits per heavy atom. The third kappa shape index (κ3) is 4.81. The molecule has 0 unspecified atom stereocenters. The molecule has 0 saturated carbocycles. The normalized spacial score (nSPS) is 12.1. The maximum absolute atomic E-state index is 11.7. The average molecular weight is 234 g/mol. The van der Waals surface area contributed by atoms with Gasteiger partial charge in [-0.3, -0.25) is 9.59 Å². The Labute approximate surface area is 101 Å². The summed E-state index contributed by atoms with van der Waals surface area (Å²) in [5, 5.41) is 8.70. The molecule has 0 heterocycles. The van der Waals surface area contributed by atoms with Crippen molar-refractivity contribution >= 4 is 11.8 Å². The Morgan fingerprint density at radius 1 is 1.18 bits per heavy atom. The van der Waals surface area contributed by atoms with Gasteiger partial charge in [0, 0.05) is 12.0 Å². The summed E-state index contributed by atoms with van der Waals surface area (Å²) in [6.07, 6.45) is 2.67. The summed E-state index contributed by atoms with van der Waals surface area (Å²) >= 11 is 0. The minimum Gasteiger partial charge on any atom is -0.481 e. The van der Waals surface area contributed by atoms with Gasteiger partial charge in [-0.1, -0.05) is 43.7 Å². The van der Waals surface area contributed by atoms with Crippen LogP contribution in [0.15, 0.2) is 30.3 Å². The summed E-state index contributed by atoms with van der Waals surface area (Å²) in [7, 11) is 0. The van der Waals surface area contributed by atoms with Crippen molar-refractivity contribution < 1.29 is 14.7 Å². The lowest BCUT2D eigenvalue weighted by atomic mass is 10.0. The van der Waals surface area contributed by atoms with E-state index in [1.807, 2.05) is 30.3 Å². The molecule has 0 saturated heterocycles. The topological polar surface area (TPSA) is 54.4 Å². The molecular formula is C14H18O3. The number of carbonyl (C=O) groups excluding carboxylic acids is 1. The van der Waals surface area contributed by atoms with E-state index in [0.717, 1.165) is 18.4 Å². The number of benzene rings is 1. The number of carboxylic acids is 1. The summed E-state index contributed by atoms with van der Waals surface area (Å²) in [4.78, 5) is 22.3. The zero-order valence-corrected chi connectivity index (χ0v) is 10.1. The Morgan fingerprint density at radius 2 is 1.82 bits per heavy atom. The fraction of sp³-hybridized carbons (Fsp3) is 0.429. The first-order valence-corrected chi connectivity index (χ1v) is 5.92. The van der Waals surface area contributed by atoms with Gasteiger partial charge in [0.15, 0.2) is 5.78 Å². The number of aliphatic carboxylic acids is 1. The van der Waals surface area contributed by atoms with E-state index in [4.69, 9.17) is 5.11 Å². The number of rotatable bonds is 7. The average Bonchev–Trinajstić information content (AvgIpc) is 2.35. The van der Waals surface area contributed by atoms with Gasteiger partial charge in [0.1, 0.15) is 0 Å². The molecule has 0 spiro atoms. The number of carbonyl (C=O) groups is 2. The van der Waals surface area contributed by atoms with Crippen molar-refractivity contribution in [2.24, 2.45) is 5.92 Å². The Kier molecular flexibility index (Phi) is 5.40. The van der Waals surface area contributed by atoms with Crippen molar-refractivity contribution in [2.45, 2.75) is 32.6 Å². The van der Waals surface area contributed by atoms with Crippen molar-refractivity contribution in [3.05, 3.63) is 35.9 Å². The highest BCUT2D eigenvalue weighted by Crippen LogP contribution is 2.12. The van der Waals surface area contributed by atoms with E-state index in [1.54, 1.807) is 6.92 Å². The van der Waals surface area contributed by atoms with E-state index in [9.17, 15) is 9.59 Å². The molecule has 0 radical (unpaired) electrons. The third-order valence-electron chi connectivity index (χ3n) is 2.81. The lowest BCUT2D eigenvalue weighted by molar-refractivity contribution is -0.141. The van der Waals surface area contributed by atoms with Crippen LogP contribution < -0.4 is 0 Å². The maximum Gasteiger partial charge on any atom is 0.306 e. The molecule has 0 amide bonds. The first-order chi connectivity index (χ1) is 8.11. The van der Waals surface area contributed by atoms with Gasteiger partial charge >= 0.3 is 5.97 Å². The molecular weight excluding hydrogens is 216 g/mol. The van der Waals surface area contributed by atoms with Gasteiger partial charge in [0.2, 0.25) is 0 Å². The smallest absolute Gasteiger partial charge is 0.306 e. The quantitative estimate of drug-likeness (QED) is 0.582. The molecule has 0 fully saturated rings. The lowest BCUT2D eigenvalue weighted by Gasteiger charge is -2.05. The molecule has 1 atom stereocenters. The molecule has 92 valence electrons. The van der Waals surface area contributed by atoms with E-state index < -0.39 is 5.97 Å². The van der Waals surface area contributed by atoms with E-state index in [2.05, 4.69) is 0 Å². The Hall–Kier alpha value is -1.64. The number of Topliss-reactive ketones (excluding diaryl/α,β-unsaturated/α-hetero) is 1. The first kappa shape index (κ1) is 13.4. The van der Waals surface area contributed by atoms with Crippen LogP contribution in [0.25, 0.3) is 0 Å². The van der Waals surface area contributed by atoms with Gasteiger partial charge < -0.3 is 5.11 Å². The zero-order valence-electron chi connectivity index (χ0n) is 10.1. The number of hydrogen-bond acceptors (Lipinski definition) is 2. The molecule has 1 rings (SSSR count). The third-order valence-corrected chi connectivity index (χ3v) is 2.81. The monoisotopic (exact) mass is 234 g/mol. The molecule has 3 nitrogen and oxygen atoms in total. The highest BCUT2D eigenvalue weighted by molar-refractivity contribution is 5.95. The van der Waals surface area contributed by atoms with E-state index >= 15 is 0 Å². The van der Waals surface area contributed by atoms with Crippen molar-refractivity contribution in [3.63, 3.8) is 0 Å². The van der Waals surface area contributed by atoms with Gasteiger partial charge in [-0.05, 0) is 12.8 Å². The molecule has 0 aromatic heterocycles. The second-order valence-electron chi connectivity index (χ2n) is 4.27. The SMILES string of the molecule is C[C@@H](CCCCC(=O)c1ccccc1)C(=O)O. The minimum atomic E-state index is -0.764. The number of unbranched alkanes of at least 4 members (excludes halogenated alkanes) is 1. The van der Waals surface area contributed by atoms with E-state index in [-0.39, 0.29) is 11.7 Å². The molecule has 17 heavy (non-hydrogen) atoms. The lowest BCUT2D eigenvalue weighted by Crippen LogP contribution is -2.09. The van der Waals surface area contributed by atoms with Crippen molar-refractivity contribution in [1.82, 2.24) is 0 Å². The van der Waals surface area contributed by atoms with Crippen LogP contribution in [-0.2, 0) is 4.79 Å². The molecule has 0 bridgehead atoms. The predicted molar refractivity (Wildman–Crippen MR) is 66.0 cm³/mol. The number of ketones is 1. The molecule has 1 aromatic carbocycles. The highest BCUT2D eigenvalue weighted by Gasteiger charge is 2.10. The van der Waals surface area contributed by atoms with Crippen molar-refractivity contribution in [2.75, 3.05) is 0 Å². The fourth-order valence-corrected chi connectivity index (χ4v) is 1.63. The summed E-state index contributed by atoms with van der Waals surface area (Å²) in [5.41, 5.74) is 0.735. The molecule has 0 aliphatic rings. The summed E-state index contributed by atoms with van der Waals surface area (Å²) < 4.78 is 0. The van der Waals surface area contributed by atoms with E-state index in [0.29, 0.717) is 12.8 Å². The van der Waals surface area contributed by atoms with Crippen molar-refractivity contribution in [3.8, 4) is 0 Å². The molecule has 0 aliphatic carbocycles. The van der Waals surface area contributed by atoms with Crippen LogP contribution in [0, 0.1) is 5.92 Å². The second kappa shape index (κ2) is 6.84. The van der Waals surface area contributed by atoms with Crippen LogP contribution in [0.5, 0.6) is 0 Å². The van der Waals surface area contributed by atoms with Crippen LogP contribution in [0.3, 0.4) is 0 Å². The molecule has 3 heteroatoms. The van der Waals surface area contributed by atoms with Gasteiger partial charge in [-0.15, -0.1) is 0 Å². The number of carboxylic acid groups (broad SMARTS) is 1. The largest absolute Gasteiger partial charge is 0.481 e. The maximum atomic E-state index is 11.7. The van der Waals surface area contributed by atoms with Gasteiger partial charge in [-0.2, -0.15) is 0 Å². The molecule has 1 N–H and O–H groups in total. The zero-order chi connectivity index (χ0) is 12.7. The first-order valence-electron chi connectivity index (χ1n) is 5.92. The number of hydrogen-bond donors (Lipinski definition) is 1. The van der Waals surface area contributed by atoms with Crippen LogP contribution in [0.1, 0.15) is 43.0 Å². The summed E-state index contributed by atoms with van der Waals surface area (Å²) in [6.45, 7) is 1.70. The van der Waals surface area contributed by atoms with Gasteiger partial charge in [0.25, 0.3) is 0 Å². The minimum absolute atomic E-state index is 0.133. The van der Waals surface area contributed by atoms with Crippen molar-refractivity contribution in [1.29, 1.82) is 0 Å². The molecule has 1 aromatic rings. The standard InChI is InChI=1S/C14H18O3/c1-11(14(16)17)7-5-6-10-13(15)12-8-3-2-4-9-12/h2-4,8-9,11H,5-7,10H2,1H3,(H,16,17)/t11-/m0/s1. The van der Waals surface area contributed by atoms with Crippen LogP contribution in [0.2, 0.25) is 0 Å². The Balaban J connectivity index is 2.24. The summed E-state index contributed by atoms with van der Waals surface area (Å²) in [5.74, 6) is -0.949. The Bertz CT molecular complexity index is 370. The van der Waals surface area contributed by atoms with Crippen LogP contribution in [0.4, 0.5) is 0 Å². The predicted octanol–water partition coefficient (Wildman–Crippen LogP) is 3.15.